The minimum absolute atomic E-state index is 0.417. The lowest BCUT2D eigenvalue weighted by Crippen LogP contribution is -2.38. The van der Waals surface area contributed by atoms with Gasteiger partial charge in [0, 0.05) is 18.8 Å². The van der Waals surface area contributed by atoms with E-state index in [1.807, 2.05) is 35.0 Å². The summed E-state index contributed by atoms with van der Waals surface area (Å²) in [5.41, 5.74) is 2.69. The monoisotopic (exact) mass is 294 g/mol. The van der Waals surface area contributed by atoms with Crippen molar-refractivity contribution in [2.45, 2.75) is 18.9 Å². The third-order valence-corrected chi connectivity index (χ3v) is 3.96. The van der Waals surface area contributed by atoms with Gasteiger partial charge in [0.05, 0.1) is 24.3 Å². The fourth-order valence-electron chi connectivity index (χ4n) is 2.87. The van der Waals surface area contributed by atoms with E-state index in [0.717, 1.165) is 42.4 Å². The number of nitrogens with one attached hydrogen (secondary N) is 2. The molecule has 6 heteroatoms. The van der Waals surface area contributed by atoms with E-state index in [2.05, 4.69) is 20.6 Å². The molecule has 1 saturated heterocycles. The minimum atomic E-state index is 0.417. The number of fused-ring (bicyclic) bond motifs is 1. The Labute approximate surface area is 128 Å². The summed E-state index contributed by atoms with van der Waals surface area (Å²) in [5, 5.41) is 6.86. The fraction of sp³-hybridized carbons (Fsp3) is 0.312. The highest BCUT2D eigenvalue weighted by atomic mass is 15.1. The average Bonchev–Trinajstić information content (AvgIpc) is 3.00. The third-order valence-electron chi connectivity index (χ3n) is 3.96. The lowest BCUT2D eigenvalue weighted by molar-refractivity contribution is 0.479. The molecule has 112 valence electrons. The van der Waals surface area contributed by atoms with Crippen LogP contribution in [0.4, 0.5) is 5.82 Å². The van der Waals surface area contributed by atoms with Crippen molar-refractivity contribution < 1.29 is 0 Å². The zero-order valence-electron chi connectivity index (χ0n) is 12.2. The Kier molecular flexibility index (Phi) is 3.44. The van der Waals surface area contributed by atoms with Crippen LogP contribution in [0.3, 0.4) is 0 Å². The van der Waals surface area contributed by atoms with Gasteiger partial charge in [-0.3, -0.25) is 9.38 Å². The van der Waals surface area contributed by atoms with Gasteiger partial charge in [0.25, 0.3) is 0 Å². The van der Waals surface area contributed by atoms with Crippen LogP contribution in [0.25, 0.3) is 17.0 Å². The molecule has 0 radical (unpaired) electrons. The van der Waals surface area contributed by atoms with Crippen LogP contribution in [0, 0.1) is 0 Å². The average molecular weight is 294 g/mol. The molecule has 0 bridgehead atoms. The van der Waals surface area contributed by atoms with Gasteiger partial charge in [-0.15, -0.1) is 0 Å². The molecule has 4 rings (SSSR count). The van der Waals surface area contributed by atoms with Crippen molar-refractivity contribution in [3.63, 3.8) is 0 Å². The molecule has 0 aliphatic carbocycles. The van der Waals surface area contributed by atoms with Crippen molar-refractivity contribution in [3.05, 3.63) is 43.0 Å². The second-order valence-corrected chi connectivity index (χ2v) is 5.55. The van der Waals surface area contributed by atoms with Crippen LogP contribution < -0.4 is 10.6 Å². The van der Waals surface area contributed by atoms with E-state index >= 15 is 0 Å². The molecule has 6 nitrogen and oxygen atoms in total. The van der Waals surface area contributed by atoms with E-state index in [1.165, 1.54) is 6.42 Å². The smallest absolute Gasteiger partial charge is 0.145 e. The second-order valence-electron chi connectivity index (χ2n) is 5.55. The Balaban J connectivity index is 1.63. The van der Waals surface area contributed by atoms with Crippen LogP contribution >= 0.6 is 0 Å². The highest BCUT2D eigenvalue weighted by Gasteiger charge is 2.14. The first-order chi connectivity index (χ1) is 10.9. The van der Waals surface area contributed by atoms with Crippen LogP contribution in [0.15, 0.2) is 43.0 Å². The van der Waals surface area contributed by atoms with Crippen molar-refractivity contribution in [2.75, 3.05) is 18.4 Å². The molecule has 0 saturated carbocycles. The summed E-state index contributed by atoms with van der Waals surface area (Å²) < 4.78 is 2.02. The molecule has 0 spiro atoms. The van der Waals surface area contributed by atoms with Gasteiger partial charge in [-0.2, -0.15) is 0 Å². The molecule has 0 aromatic carbocycles. The number of nitrogens with zero attached hydrogens (tertiary/aromatic N) is 4. The van der Waals surface area contributed by atoms with Gasteiger partial charge in [0.2, 0.25) is 0 Å². The SMILES string of the molecule is c1ccn2c(-c3cncc(N[C@@H]4CCCNC4)n3)cnc2c1. The first kappa shape index (κ1) is 13.2. The van der Waals surface area contributed by atoms with Crippen molar-refractivity contribution in [1.29, 1.82) is 0 Å². The molecule has 1 aliphatic heterocycles. The van der Waals surface area contributed by atoms with E-state index in [0.29, 0.717) is 6.04 Å². The summed E-state index contributed by atoms with van der Waals surface area (Å²) in [4.78, 5) is 13.4. The van der Waals surface area contributed by atoms with E-state index in [9.17, 15) is 0 Å². The van der Waals surface area contributed by atoms with Gasteiger partial charge in [0.1, 0.15) is 17.2 Å². The molecular weight excluding hydrogens is 276 g/mol. The van der Waals surface area contributed by atoms with Gasteiger partial charge < -0.3 is 10.6 Å². The number of aromatic nitrogens is 4. The van der Waals surface area contributed by atoms with Gasteiger partial charge in [-0.25, -0.2) is 9.97 Å². The molecule has 1 fully saturated rings. The summed E-state index contributed by atoms with van der Waals surface area (Å²) >= 11 is 0. The Morgan fingerprint density at radius 3 is 3.14 bits per heavy atom. The molecule has 0 amide bonds. The number of piperidine rings is 1. The Morgan fingerprint density at radius 2 is 2.23 bits per heavy atom. The molecule has 1 aliphatic rings. The first-order valence-electron chi connectivity index (χ1n) is 7.62. The summed E-state index contributed by atoms with van der Waals surface area (Å²) in [6.07, 6.45) is 9.74. The van der Waals surface area contributed by atoms with Crippen LogP contribution in [-0.4, -0.2) is 38.5 Å². The summed E-state index contributed by atoms with van der Waals surface area (Å²) in [6, 6.07) is 6.36. The summed E-state index contributed by atoms with van der Waals surface area (Å²) in [6.45, 7) is 2.08. The van der Waals surface area contributed by atoms with Gasteiger partial charge in [-0.05, 0) is 31.5 Å². The van der Waals surface area contributed by atoms with Gasteiger partial charge in [-0.1, -0.05) is 6.07 Å². The van der Waals surface area contributed by atoms with E-state index in [1.54, 1.807) is 12.4 Å². The Morgan fingerprint density at radius 1 is 1.23 bits per heavy atom. The minimum Gasteiger partial charge on any atom is -0.365 e. The van der Waals surface area contributed by atoms with E-state index in [4.69, 9.17) is 4.98 Å². The molecule has 3 aromatic rings. The first-order valence-corrected chi connectivity index (χ1v) is 7.62. The summed E-state index contributed by atoms with van der Waals surface area (Å²) in [7, 11) is 0. The molecule has 22 heavy (non-hydrogen) atoms. The van der Waals surface area contributed by atoms with Crippen molar-refractivity contribution >= 4 is 11.5 Å². The van der Waals surface area contributed by atoms with Gasteiger partial charge in [0.15, 0.2) is 0 Å². The van der Waals surface area contributed by atoms with Gasteiger partial charge >= 0.3 is 0 Å². The molecule has 1 atom stereocenters. The van der Waals surface area contributed by atoms with E-state index in [-0.39, 0.29) is 0 Å². The molecule has 3 aromatic heterocycles. The maximum absolute atomic E-state index is 4.70. The van der Waals surface area contributed by atoms with Crippen molar-refractivity contribution in [1.82, 2.24) is 24.7 Å². The lowest BCUT2D eigenvalue weighted by atomic mass is 10.1. The normalized spacial score (nSPS) is 18.5. The Bertz CT molecular complexity index is 775. The highest BCUT2D eigenvalue weighted by molar-refractivity contribution is 5.60. The van der Waals surface area contributed by atoms with Crippen LogP contribution in [0.1, 0.15) is 12.8 Å². The molecule has 4 heterocycles. The number of hydrogen-bond acceptors (Lipinski definition) is 5. The van der Waals surface area contributed by atoms with E-state index < -0.39 is 0 Å². The maximum Gasteiger partial charge on any atom is 0.145 e. The number of imidazole rings is 1. The quantitative estimate of drug-likeness (QED) is 0.773. The van der Waals surface area contributed by atoms with Crippen LogP contribution in [-0.2, 0) is 0 Å². The van der Waals surface area contributed by atoms with Crippen LogP contribution in [0.2, 0.25) is 0 Å². The predicted octanol–water partition coefficient (Wildman–Crippen LogP) is 1.96. The zero-order valence-corrected chi connectivity index (χ0v) is 12.2. The molecule has 2 N–H and O–H groups in total. The standard InChI is InChI=1S/C16H18N6/c1-2-7-22-14(10-19-16(22)5-1)13-9-18-11-15(21-13)20-12-4-3-6-17-8-12/h1-2,5,7,9-12,17H,3-4,6,8H2,(H,20,21)/t12-/m1/s1. The third kappa shape index (κ3) is 2.53. The number of rotatable bonds is 3. The number of anilines is 1. The Hall–Kier alpha value is -2.47. The lowest BCUT2D eigenvalue weighted by Gasteiger charge is -2.24. The molecular formula is C16H18N6. The second kappa shape index (κ2) is 5.73. The molecule has 0 unspecified atom stereocenters. The summed E-state index contributed by atoms with van der Waals surface area (Å²) in [5.74, 6) is 0.817. The largest absolute Gasteiger partial charge is 0.365 e. The topological polar surface area (TPSA) is 67.1 Å². The number of pyridine rings is 1. The fourth-order valence-corrected chi connectivity index (χ4v) is 2.87. The number of hydrogen-bond donors (Lipinski definition) is 2. The van der Waals surface area contributed by atoms with Crippen LogP contribution in [0.5, 0.6) is 0 Å². The zero-order chi connectivity index (χ0) is 14.8. The maximum atomic E-state index is 4.70. The highest BCUT2D eigenvalue weighted by Crippen LogP contribution is 2.20. The predicted molar refractivity (Wildman–Crippen MR) is 85.7 cm³/mol. The van der Waals surface area contributed by atoms with Crippen molar-refractivity contribution in [2.24, 2.45) is 0 Å². The van der Waals surface area contributed by atoms with Crippen molar-refractivity contribution in [3.8, 4) is 11.4 Å².